The van der Waals surface area contributed by atoms with Gasteiger partial charge in [-0.15, -0.1) is 0 Å². The van der Waals surface area contributed by atoms with E-state index in [1.807, 2.05) is 19.1 Å². The molecule has 3 rings (SSSR count). The number of rotatable bonds is 6. The summed E-state index contributed by atoms with van der Waals surface area (Å²) in [5.74, 6) is -0.781. The second-order valence-corrected chi connectivity index (χ2v) is 6.70. The fourth-order valence-corrected chi connectivity index (χ4v) is 2.79. The lowest BCUT2D eigenvalue weighted by Crippen LogP contribution is -2.26. The topological polar surface area (TPSA) is 85.6 Å². The van der Waals surface area contributed by atoms with Crippen LogP contribution in [0.2, 0.25) is 5.02 Å². The molecule has 28 heavy (non-hydrogen) atoms. The monoisotopic (exact) mass is 399 g/mol. The van der Waals surface area contributed by atoms with Crippen molar-refractivity contribution in [3.8, 4) is 0 Å². The second-order valence-electron chi connectivity index (χ2n) is 6.26. The first-order valence-electron chi connectivity index (χ1n) is 8.65. The molecule has 1 aromatic heterocycles. The number of hydrogen-bond donors (Lipinski definition) is 1. The zero-order valence-corrected chi connectivity index (χ0v) is 15.9. The van der Waals surface area contributed by atoms with Gasteiger partial charge in [-0.3, -0.25) is 9.59 Å². The van der Waals surface area contributed by atoms with E-state index in [-0.39, 0.29) is 25.5 Å². The molecule has 1 N–H and O–H groups in total. The Morgan fingerprint density at radius 1 is 1.11 bits per heavy atom. The molecule has 3 aromatic rings. The van der Waals surface area contributed by atoms with Gasteiger partial charge < -0.3 is 14.5 Å². The Morgan fingerprint density at radius 3 is 2.61 bits per heavy atom. The lowest BCUT2D eigenvalue weighted by atomic mass is 10.1. The highest BCUT2D eigenvalue weighted by molar-refractivity contribution is 6.30. The lowest BCUT2D eigenvalue weighted by Gasteiger charge is -2.08. The molecule has 0 saturated heterocycles. The number of carbonyl (C=O) groups is 2. The van der Waals surface area contributed by atoms with Gasteiger partial charge in [0.1, 0.15) is 12.2 Å². The molecule has 0 atom stereocenters. The van der Waals surface area contributed by atoms with Crippen LogP contribution in [0, 0.1) is 6.92 Å². The fraction of sp³-hybridized carbons (Fsp3) is 0.190. The molecule has 0 radical (unpaired) electrons. The van der Waals surface area contributed by atoms with E-state index in [0.717, 1.165) is 5.56 Å². The van der Waals surface area contributed by atoms with Gasteiger partial charge in [0.05, 0.1) is 6.42 Å². The number of benzene rings is 2. The predicted octanol–water partition coefficient (Wildman–Crippen LogP) is 3.62. The van der Waals surface area contributed by atoms with Gasteiger partial charge in [0.2, 0.25) is 0 Å². The summed E-state index contributed by atoms with van der Waals surface area (Å²) in [4.78, 5) is 35.6. The maximum Gasteiger partial charge on any atom is 0.336 e. The molecule has 6 nitrogen and oxygen atoms in total. The summed E-state index contributed by atoms with van der Waals surface area (Å²) in [7, 11) is 0. The summed E-state index contributed by atoms with van der Waals surface area (Å²) < 4.78 is 10.4. The quantitative estimate of drug-likeness (QED) is 0.505. The van der Waals surface area contributed by atoms with E-state index in [1.54, 1.807) is 30.3 Å². The van der Waals surface area contributed by atoms with Crippen LogP contribution >= 0.6 is 11.6 Å². The zero-order valence-electron chi connectivity index (χ0n) is 15.2. The molecule has 0 unspecified atom stereocenters. The summed E-state index contributed by atoms with van der Waals surface area (Å²) in [6.07, 6.45) is 0.0117. The molecule has 1 amide bonds. The smallest absolute Gasteiger partial charge is 0.336 e. The maximum atomic E-state index is 12.0. The Balaban J connectivity index is 1.53. The molecule has 0 fully saturated rings. The molecule has 0 aliphatic carbocycles. The molecule has 1 heterocycles. The van der Waals surface area contributed by atoms with Gasteiger partial charge >= 0.3 is 11.6 Å². The standard InChI is InChI=1S/C21H18ClNO5/c1-13-2-7-17-15(11-20(25)28-18(17)10-13)12-27-19(24)8-9-23-21(26)14-3-5-16(22)6-4-14/h2-7,10-11H,8-9,12H2,1H3,(H,23,26). The number of halogens is 1. The molecule has 2 aromatic carbocycles. The highest BCUT2D eigenvalue weighted by atomic mass is 35.5. The van der Waals surface area contributed by atoms with Crippen LogP contribution in [0.5, 0.6) is 0 Å². The third-order valence-electron chi connectivity index (χ3n) is 4.10. The molecule has 0 saturated carbocycles. The molecular weight excluding hydrogens is 382 g/mol. The number of hydrogen-bond acceptors (Lipinski definition) is 5. The predicted molar refractivity (Wildman–Crippen MR) is 105 cm³/mol. The van der Waals surface area contributed by atoms with Crippen molar-refractivity contribution >= 4 is 34.4 Å². The van der Waals surface area contributed by atoms with E-state index >= 15 is 0 Å². The third kappa shape index (κ3) is 4.98. The van der Waals surface area contributed by atoms with Gasteiger partial charge in [-0.25, -0.2) is 4.79 Å². The second kappa shape index (κ2) is 8.71. The molecule has 0 spiro atoms. The average Bonchev–Trinajstić information content (AvgIpc) is 2.66. The number of aryl methyl sites for hydroxylation is 1. The van der Waals surface area contributed by atoms with E-state index in [2.05, 4.69) is 5.32 Å². The van der Waals surface area contributed by atoms with Crippen LogP contribution in [-0.4, -0.2) is 18.4 Å². The van der Waals surface area contributed by atoms with E-state index in [1.165, 1.54) is 6.07 Å². The summed E-state index contributed by atoms with van der Waals surface area (Å²) in [5.41, 5.74) is 1.94. The highest BCUT2D eigenvalue weighted by Crippen LogP contribution is 2.19. The molecule has 0 bridgehead atoms. The SMILES string of the molecule is Cc1ccc2c(COC(=O)CCNC(=O)c3ccc(Cl)cc3)cc(=O)oc2c1. The lowest BCUT2D eigenvalue weighted by molar-refractivity contribution is -0.144. The van der Waals surface area contributed by atoms with Crippen molar-refractivity contribution in [3.63, 3.8) is 0 Å². The maximum absolute atomic E-state index is 12.0. The Kier molecular flexibility index (Phi) is 6.11. The fourth-order valence-electron chi connectivity index (χ4n) is 2.67. The molecule has 7 heteroatoms. The van der Waals surface area contributed by atoms with Crippen LogP contribution in [-0.2, 0) is 16.1 Å². The van der Waals surface area contributed by atoms with Gasteiger partial charge in [-0.1, -0.05) is 23.7 Å². The Morgan fingerprint density at radius 2 is 1.86 bits per heavy atom. The number of carbonyl (C=O) groups excluding carboxylic acids is 2. The van der Waals surface area contributed by atoms with Gasteiger partial charge in [-0.05, 0) is 42.8 Å². The van der Waals surface area contributed by atoms with Crippen molar-refractivity contribution in [2.45, 2.75) is 20.0 Å². The Bertz CT molecular complexity index is 1070. The van der Waals surface area contributed by atoms with Gasteiger partial charge in [-0.2, -0.15) is 0 Å². The molecule has 0 aliphatic rings. The summed E-state index contributed by atoms with van der Waals surface area (Å²) in [6.45, 7) is 1.98. The zero-order chi connectivity index (χ0) is 20.1. The van der Waals surface area contributed by atoms with Crippen LogP contribution in [0.1, 0.15) is 27.9 Å². The molecular formula is C21H18ClNO5. The van der Waals surface area contributed by atoms with Crippen molar-refractivity contribution in [1.82, 2.24) is 5.32 Å². The summed E-state index contributed by atoms with van der Waals surface area (Å²) >= 11 is 5.78. The first-order chi connectivity index (χ1) is 13.4. The third-order valence-corrected chi connectivity index (χ3v) is 4.35. The first-order valence-corrected chi connectivity index (χ1v) is 9.03. The summed E-state index contributed by atoms with van der Waals surface area (Å²) in [6, 6.07) is 13.2. The Hall–Kier alpha value is -3.12. The minimum Gasteiger partial charge on any atom is -0.461 e. The van der Waals surface area contributed by atoms with Gasteiger partial charge in [0.25, 0.3) is 5.91 Å². The number of fused-ring (bicyclic) bond motifs is 1. The average molecular weight is 400 g/mol. The number of amides is 1. The minimum atomic E-state index is -0.501. The van der Waals surface area contributed by atoms with E-state index in [9.17, 15) is 14.4 Å². The molecule has 0 aliphatic heterocycles. The summed E-state index contributed by atoms with van der Waals surface area (Å²) in [5, 5.41) is 3.90. The number of esters is 1. The van der Waals surface area contributed by atoms with Crippen LogP contribution in [0.25, 0.3) is 11.0 Å². The molecule has 144 valence electrons. The van der Waals surface area contributed by atoms with Crippen molar-refractivity contribution in [2.24, 2.45) is 0 Å². The van der Waals surface area contributed by atoms with Crippen molar-refractivity contribution in [2.75, 3.05) is 6.54 Å². The van der Waals surface area contributed by atoms with Crippen molar-refractivity contribution in [1.29, 1.82) is 0 Å². The van der Waals surface area contributed by atoms with Crippen molar-refractivity contribution < 1.29 is 18.7 Å². The minimum absolute atomic E-state index is 0.0117. The van der Waals surface area contributed by atoms with Crippen LogP contribution < -0.4 is 10.9 Å². The number of nitrogens with one attached hydrogen (secondary N) is 1. The van der Waals surface area contributed by atoms with Gasteiger partial charge in [0, 0.05) is 34.1 Å². The van der Waals surface area contributed by atoms with E-state index in [0.29, 0.717) is 27.1 Å². The normalized spacial score (nSPS) is 10.6. The van der Waals surface area contributed by atoms with E-state index in [4.69, 9.17) is 20.8 Å². The number of ether oxygens (including phenoxy) is 1. The first kappa shape index (κ1) is 19.6. The van der Waals surface area contributed by atoms with Crippen LogP contribution in [0.15, 0.2) is 57.7 Å². The van der Waals surface area contributed by atoms with Gasteiger partial charge in [0.15, 0.2) is 0 Å². The van der Waals surface area contributed by atoms with E-state index < -0.39 is 11.6 Å². The highest BCUT2D eigenvalue weighted by Gasteiger charge is 2.10. The van der Waals surface area contributed by atoms with Crippen LogP contribution in [0.4, 0.5) is 0 Å². The largest absolute Gasteiger partial charge is 0.461 e. The van der Waals surface area contributed by atoms with Crippen molar-refractivity contribution in [3.05, 3.63) is 80.7 Å². The Labute approximate surface area is 166 Å². The van der Waals surface area contributed by atoms with Crippen LogP contribution in [0.3, 0.4) is 0 Å².